The second-order valence-corrected chi connectivity index (χ2v) is 6.31. The summed E-state index contributed by atoms with van der Waals surface area (Å²) in [7, 11) is 0. The van der Waals surface area contributed by atoms with Crippen LogP contribution in [-0.4, -0.2) is 24.1 Å². The lowest BCUT2D eigenvalue weighted by Gasteiger charge is -2.38. The van der Waals surface area contributed by atoms with Crippen LogP contribution in [-0.2, 0) is 6.54 Å². The first-order chi connectivity index (χ1) is 10.2. The lowest BCUT2D eigenvalue weighted by atomic mass is 9.98. The van der Waals surface area contributed by atoms with Crippen molar-refractivity contribution in [2.45, 2.75) is 72.4 Å². The summed E-state index contributed by atoms with van der Waals surface area (Å²) in [6.45, 7) is 12.0. The number of anilines is 1. The molecule has 1 fully saturated rings. The van der Waals surface area contributed by atoms with Crippen LogP contribution in [0.25, 0.3) is 0 Å². The van der Waals surface area contributed by atoms with Crippen molar-refractivity contribution in [3.63, 3.8) is 0 Å². The van der Waals surface area contributed by atoms with Crippen LogP contribution in [0.4, 0.5) is 5.82 Å². The monoisotopic (exact) mass is 289 g/mol. The van der Waals surface area contributed by atoms with Crippen LogP contribution >= 0.6 is 0 Å². The van der Waals surface area contributed by atoms with E-state index in [-0.39, 0.29) is 0 Å². The SMILES string of the molecule is CCCNCc1c(C)cc(C)nc1N1CCCCC1CC. The highest BCUT2D eigenvalue weighted by Gasteiger charge is 2.24. The Labute approximate surface area is 130 Å². The number of nitrogens with one attached hydrogen (secondary N) is 1. The molecule has 0 bridgehead atoms. The fourth-order valence-electron chi connectivity index (χ4n) is 3.39. The van der Waals surface area contributed by atoms with E-state index in [9.17, 15) is 0 Å². The molecule has 1 aromatic heterocycles. The minimum atomic E-state index is 0.664. The topological polar surface area (TPSA) is 28.2 Å². The van der Waals surface area contributed by atoms with E-state index in [1.807, 2.05) is 0 Å². The minimum absolute atomic E-state index is 0.664. The van der Waals surface area contributed by atoms with E-state index in [1.54, 1.807) is 0 Å². The number of pyridine rings is 1. The highest BCUT2D eigenvalue weighted by atomic mass is 15.2. The van der Waals surface area contributed by atoms with E-state index in [2.05, 4.69) is 44.0 Å². The van der Waals surface area contributed by atoms with Gasteiger partial charge in [-0.1, -0.05) is 13.8 Å². The molecule has 3 nitrogen and oxygen atoms in total. The van der Waals surface area contributed by atoms with Crippen molar-refractivity contribution >= 4 is 5.82 Å². The first-order valence-electron chi connectivity index (χ1n) is 8.61. The van der Waals surface area contributed by atoms with Crippen molar-refractivity contribution in [3.05, 3.63) is 22.9 Å². The van der Waals surface area contributed by atoms with Gasteiger partial charge in [0.15, 0.2) is 0 Å². The van der Waals surface area contributed by atoms with E-state index in [1.165, 1.54) is 49.0 Å². The third-order valence-electron chi connectivity index (χ3n) is 4.55. The van der Waals surface area contributed by atoms with E-state index >= 15 is 0 Å². The summed E-state index contributed by atoms with van der Waals surface area (Å²) in [6.07, 6.45) is 6.37. The Morgan fingerprint density at radius 3 is 2.81 bits per heavy atom. The van der Waals surface area contributed by atoms with E-state index in [4.69, 9.17) is 4.98 Å². The van der Waals surface area contributed by atoms with Gasteiger partial charge in [0, 0.05) is 30.4 Å². The van der Waals surface area contributed by atoms with Gasteiger partial charge in [-0.15, -0.1) is 0 Å². The summed E-state index contributed by atoms with van der Waals surface area (Å²) >= 11 is 0. The lowest BCUT2D eigenvalue weighted by Crippen LogP contribution is -2.40. The Hall–Kier alpha value is -1.09. The first kappa shape index (κ1) is 16.3. The molecule has 1 aliphatic rings. The fourth-order valence-corrected chi connectivity index (χ4v) is 3.39. The van der Waals surface area contributed by atoms with Crippen LogP contribution < -0.4 is 10.2 Å². The number of hydrogen-bond donors (Lipinski definition) is 1. The predicted octanol–water partition coefficient (Wildman–Crippen LogP) is 3.97. The van der Waals surface area contributed by atoms with Crippen molar-refractivity contribution in [2.24, 2.45) is 0 Å². The fraction of sp³-hybridized carbons (Fsp3) is 0.722. The quantitative estimate of drug-likeness (QED) is 0.803. The minimum Gasteiger partial charge on any atom is -0.353 e. The van der Waals surface area contributed by atoms with Gasteiger partial charge in [0.05, 0.1) is 0 Å². The number of nitrogens with zero attached hydrogens (tertiary/aromatic N) is 2. The molecule has 1 N–H and O–H groups in total. The summed E-state index contributed by atoms with van der Waals surface area (Å²) in [5.41, 5.74) is 3.91. The van der Waals surface area contributed by atoms with Gasteiger partial charge in [-0.05, 0) is 64.1 Å². The van der Waals surface area contributed by atoms with Gasteiger partial charge < -0.3 is 10.2 Å². The van der Waals surface area contributed by atoms with Gasteiger partial charge in [0.1, 0.15) is 5.82 Å². The molecule has 2 heterocycles. The van der Waals surface area contributed by atoms with Crippen LogP contribution in [0.2, 0.25) is 0 Å². The molecule has 1 saturated heterocycles. The molecule has 0 aliphatic carbocycles. The van der Waals surface area contributed by atoms with Crippen LogP contribution in [0.3, 0.4) is 0 Å². The molecule has 0 radical (unpaired) electrons. The Balaban J connectivity index is 2.30. The van der Waals surface area contributed by atoms with Gasteiger partial charge in [-0.3, -0.25) is 0 Å². The van der Waals surface area contributed by atoms with Crippen LogP contribution in [0, 0.1) is 13.8 Å². The maximum atomic E-state index is 4.92. The highest BCUT2D eigenvalue weighted by Crippen LogP contribution is 2.30. The maximum Gasteiger partial charge on any atom is 0.133 e. The molecule has 1 atom stereocenters. The Morgan fingerprint density at radius 2 is 2.10 bits per heavy atom. The smallest absolute Gasteiger partial charge is 0.133 e. The molecule has 1 unspecified atom stereocenters. The van der Waals surface area contributed by atoms with Crippen LogP contribution in [0.5, 0.6) is 0 Å². The third-order valence-corrected chi connectivity index (χ3v) is 4.55. The van der Waals surface area contributed by atoms with Crippen molar-refractivity contribution in [3.8, 4) is 0 Å². The largest absolute Gasteiger partial charge is 0.353 e. The van der Waals surface area contributed by atoms with Crippen molar-refractivity contribution in [1.82, 2.24) is 10.3 Å². The van der Waals surface area contributed by atoms with Crippen LogP contribution in [0.1, 0.15) is 62.8 Å². The molecular weight excluding hydrogens is 258 g/mol. The zero-order valence-electron chi connectivity index (χ0n) is 14.2. The molecule has 0 saturated carbocycles. The zero-order valence-corrected chi connectivity index (χ0v) is 14.2. The van der Waals surface area contributed by atoms with E-state index < -0.39 is 0 Å². The van der Waals surface area contributed by atoms with Crippen molar-refractivity contribution in [1.29, 1.82) is 0 Å². The Kier molecular flexibility index (Phi) is 6.04. The number of aromatic nitrogens is 1. The average Bonchev–Trinajstić information content (AvgIpc) is 2.49. The summed E-state index contributed by atoms with van der Waals surface area (Å²) in [4.78, 5) is 7.50. The van der Waals surface area contributed by atoms with Crippen molar-refractivity contribution < 1.29 is 0 Å². The summed E-state index contributed by atoms with van der Waals surface area (Å²) < 4.78 is 0. The molecule has 0 amide bonds. The molecular formula is C18H31N3. The Morgan fingerprint density at radius 1 is 1.29 bits per heavy atom. The second kappa shape index (κ2) is 7.79. The second-order valence-electron chi connectivity index (χ2n) is 6.31. The maximum absolute atomic E-state index is 4.92. The molecule has 1 aromatic rings. The van der Waals surface area contributed by atoms with Gasteiger partial charge >= 0.3 is 0 Å². The summed E-state index contributed by atoms with van der Waals surface area (Å²) in [5, 5.41) is 3.56. The molecule has 1 aliphatic heterocycles. The lowest BCUT2D eigenvalue weighted by molar-refractivity contribution is 0.445. The van der Waals surface area contributed by atoms with E-state index in [0.29, 0.717) is 6.04 Å². The molecule has 0 aromatic carbocycles. The summed E-state index contributed by atoms with van der Waals surface area (Å²) in [5.74, 6) is 1.24. The molecule has 118 valence electrons. The van der Waals surface area contributed by atoms with Gasteiger partial charge in [-0.25, -0.2) is 4.98 Å². The molecule has 3 heteroatoms. The number of piperidine rings is 1. The van der Waals surface area contributed by atoms with Crippen LogP contribution in [0.15, 0.2) is 6.07 Å². The normalized spacial score (nSPS) is 19.0. The number of aryl methyl sites for hydroxylation is 2. The standard InChI is InChI=1S/C18H31N3/c1-5-10-19-13-17-14(3)12-15(4)20-18(17)21-11-8-7-9-16(21)6-2/h12,16,19H,5-11,13H2,1-4H3. The molecule has 21 heavy (non-hydrogen) atoms. The Bertz CT molecular complexity index is 456. The third kappa shape index (κ3) is 3.97. The number of rotatable bonds is 6. The molecule has 0 spiro atoms. The van der Waals surface area contributed by atoms with Gasteiger partial charge in [-0.2, -0.15) is 0 Å². The van der Waals surface area contributed by atoms with Gasteiger partial charge in [0.25, 0.3) is 0 Å². The first-order valence-corrected chi connectivity index (χ1v) is 8.61. The number of hydrogen-bond acceptors (Lipinski definition) is 3. The zero-order chi connectivity index (χ0) is 15.2. The average molecular weight is 289 g/mol. The van der Waals surface area contributed by atoms with E-state index in [0.717, 1.165) is 25.3 Å². The van der Waals surface area contributed by atoms with Crippen molar-refractivity contribution in [2.75, 3.05) is 18.0 Å². The highest BCUT2D eigenvalue weighted by molar-refractivity contribution is 5.52. The summed E-state index contributed by atoms with van der Waals surface area (Å²) in [6, 6.07) is 2.88. The predicted molar refractivity (Wildman–Crippen MR) is 91.0 cm³/mol. The van der Waals surface area contributed by atoms with Gasteiger partial charge in [0.2, 0.25) is 0 Å². The molecule has 2 rings (SSSR count).